The van der Waals surface area contributed by atoms with Gasteiger partial charge in [0.25, 0.3) is 0 Å². The lowest BCUT2D eigenvalue weighted by Crippen LogP contribution is -2.42. The molecule has 0 heterocycles. The van der Waals surface area contributed by atoms with Crippen molar-refractivity contribution in [3.63, 3.8) is 0 Å². The number of carboxylic acid groups (broad SMARTS) is 1. The summed E-state index contributed by atoms with van der Waals surface area (Å²) in [6, 6.07) is 16.5. The molecule has 0 saturated heterocycles. The number of benzene rings is 2. The smallest absolute Gasteiger partial charge is 0.407 e. The summed E-state index contributed by atoms with van der Waals surface area (Å²) >= 11 is 0. The standard InChI is InChI=1S/C28H32N2O5/c31-26(29-15-18-13-24(18)27(32)33)19-8-2-1-7-17(19)14-30-28(34)35-16-25-22-11-5-3-9-20(22)21-10-4-6-12-23(21)25/h3-6,9-12,17-19,24-25H,1-2,7-8,13-16H2,(H,29,31)(H,30,34)(H,32,33)/t17-,18?,19-,24?/m0/s1. The zero-order valence-corrected chi connectivity index (χ0v) is 19.7. The average molecular weight is 477 g/mol. The second-order valence-electron chi connectivity index (χ2n) is 10.0. The topological polar surface area (TPSA) is 105 Å². The third kappa shape index (κ3) is 5.04. The van der Waals surface area contributed by atoms with Crippen molar-refractivity contribution in [2.24, 2.45) is 23.7 Å². The summed E-state index contributed by atoms with van der Waals surface area (Å²) in [4.78, 5) is 36.4. The molecule has 3 aliphatic rings. The number of alkyl carbamates (subject to hydrolysis) is 1. The number of hydrogen-bond donors (Lipinski definition) is 3. The highest BCUT2D eigenvalue weighted by Crippen LogP contribution is 2.44. The number of carbonyl (C=O) groups excluding carboxylic acids is 2. The average Bonchev–Trinajstić information content (AvgIpc) is 3.60. The monoisotopic (exact) mass is 476 g/mol. The van der Waals surface area contributed by atoms with Crippen LogP contribution in [-0.2, 0) is 14.3 Å². The molecule has 2 fully saturated rings. The Kier molecular flexibility index (Phi) is 6.75. The highest BCUT2D eigenvalue weighted by Gasteiger charge is 2.43. The maximum absolute atomic E-state index is 12.8. The zero-order chi connectivity index (χ0) is 24.4. The van der Waals surface area contributed by atoms with Crippen molar-refractivity contribution in [1.29, 1.82) is 0 Å². The molecule has 7 heteroatoms. The van der Waals surface area contributed by atoms with Crippen molar-refractivity contribution in [3.8, 4) is 11.1 Å². The van der Waals surface area contributed by atoms with E-state index in [1.165, 1.54) is 22.3 Å². The van der Waals surface area contributed by atoms with Gasteiger partial charge in [-0.3, -0.25) is 9.59 Å². The van der Waals surface area contributed by atoms with Crippen LogP contribution in [0.5, 0.6) is 0 Å². The lowest BCUT2D eigenvalue weighted by Gasteiger charge is -2.30. The third-order valence-corrected chi connectivity index (χ3v) is 7.88. The van der Waals surface area contributed by atoms with Gasteiger partial charge in [-0.15, -0.1) is 0 Å². The molecule has 2 saturated carbocycles. The van der Waals surface area contributed by atoms with Crippen molar-refractivity contribution < 1.29 is 24.2 Å². The normalized spacial score (nSPS) is 24.7. The van der Waals surface area contributed by atoms with Crippen LogP contribution in [-0.4, -0.2) is 42.8 Å². The predicted molar refractivity (Wildman–Crippen MR) is 131 cm³/mol. The molecule has 3 N–H and O–H groups in total. The van der Waals surface area contributed by atoms with E-state index in [0.717, 1.165) is 25.7 Å². The van der Waals surface area contributed by atoms with Crippen molar-refractivity contribution in [3.05, 3.63) is 59.7 Å². The van der Waals surface area contributed by atoms with Crippen molar-refractivity contribution >= 4 is 18.0 Å². The van der Waals surface area contributed by atoms with Gasteiger partial charge >= 0.3 is 12.1 Å². The van der Waals surface area contributed by atoms with Crippen LogP contribution in [0.1, 0.15) is 49.1 Å². The lowest BCUT2D eigenvalue weighted by molar-refractivity contribution is -0.139. The number of nitrogens with one attached hydrogen (secondary N) is 2. The number of ether oxygens (including phenoxy) is 1. The Morgan fingerprint density at radius 1 is 0.829 bits per heavy atom. The van der Waals surface area contributed by atoms with Gasteiger partial charge in [-0.05, 0) is 53.4 Å². The molecular formula is C28H32N2O5. The van der Waals surface area contributed by atoms with Gasteiger partial charge < -0.3 is 20.5 Å². The number of rotatable bonds is 8. The maximum atomic E-state index is 12.8. The largest absolute Gasteiger partial charge is 0.481 e. The van der Waals surface area contributed by atoms with Crippen LogP contribution in [0.2, 0.25) is 0 Å². The van der Waals surface area contributed by atoms with E-state index in [4.69, 9.17) is 9.84 Å². The van der Waals surface area contributed by atoms with Crippen molar-refractivity contribution in [2.75, 3.05) is 19.7 Å². The fourth-order valence-corrected chi connectivity index (χ4v) is 5.80. The van der Waals surface area contributed by atoms with Gasteiger partial charge in [-0.2, -0.15) is 0 Å². The van der Waals surface area contributed by atoms with E-state index in [0.29, 0.717) is 19.5 Å². The molecule has 2 unspecified atom stereocenters. The van der Waals surface area contributed by atoms with E-state index >= 15 is 0 Å². The lowest BCUT2D eigenvalue weighted by atomic mass is 9.78. The van der Waals surface area contributed by atoms with Crippen LogP contribution >= 0.6 is 0 Å². The number of hydrogen-bond acceptors (Lipinski definition) is 4. The fourth-order valence-electron chi connectivity index (χ4n) is 5.80. The molecule has 0 aliphatic heterocycles. The minimum atomic E-state index is -0.785. The molecule has 2 aromatic carbocycles. The van der Waals surface area contributed by atoms with E-state index in [9.17, 15) is 14.4 Å². The number of amides is 2. The zero-order valence-electron chi connectivity index (χ0n) is 19.7. The molecule has 0 bridgehead atoms. The number of carbonyl (C=O) groups is 3. The highest BCUT2D eigenvalue weighted by molar-refractivity contribution is 5.80. The molecule has 0 spiro atoms. The maximum Gasteiger partial charge on any atom is 0.407 e. The Hall–Kier alpha value is -3.35. The molecule has 7 nitrogen and oxygen atoms in total. The fraction of sp³-hybridized carbons (Fsp3) is 0.464. The van der Waals surface area contributed by atoms with Crippen LogP contribution in [0, 0.1) is 23.7 Å². The summed E-state index contributed by atoms with van der Waals surface area (Å²) < 4.78 is 5.64. The summed E-state index contributed by atoms with van der Waals surface area (Å²) in [7, 11) is 0. The molecule has 35 heavy (non-hydrogen) atoms. The molecule has 0 radical (unpaired) electrons. The third-order valence-electron chi connectivity index (χ3n) is 7.88. The highest BCUT2D eigenvalue weighted by atomic mass is 16.5. The Morgan fingerprint density at radius 2 is 1.46 bits per heavy atom. The summed E-state index contributed by atoms with van der Waals surface area (Å²) in [5.74, 6) is -1.20. The Labute approximate surface area is 205 Å². The molecule has 0 aromatic heterocycles. The van der Waals surface area contributed by atoms with Gasteiger partial charge in [-0.1, -0.05) is 61.4 Å². The Bertz CT molecular complexity index is 1070. The van der Waals surface area contributed by atoms with Gasteiger partial charge in [-0.25, -0.2) is 4.79 Å². The first-order valence-corrected chi connectivity index (χ1v) is 12.6. The second kappa shape index (κ2) is 10.1. The molecular weight excluding hydrogens is 444 g/mol. The van der Waals surface area contributed by atoms with E-state index in [1.807, 2.05) is 24.3 Å². The first-order valence-electron chi connectivity index (χ1n) is 12.6. The second-order valence-corrected chi connectivity index (χ2v) is 10.0. The first kappa shape index (κ1) is 23.4. The van der Waals surface area contributed by atoms with Crippen LogP contribution in [0.25, 0.3) is 11.1 Å². The van der Waals surface area contributed by atoms with Crippen LogP contribution in [0.4, 0.5) is 4.79 Å². The Morgan fingerprint density at radius 3 is 2.11 bits per heavy atom. The number of carboxylic acids is 1. The predicted octanol–water partition coefficient (Wildman–Crippen LogP) is 4.17. The van der Waals surface area contributed by atoms with Gasteiger partial charge in [0.05, 0.1) is 5.92 Å². The number of fused-ring (bicyclic) bond motifs is 3. The van der Waals surface area contributed by atoms with Crippen LogP contribution in [0.3, 0.4) is 0 Å². The first-order chi connectivity index (χ1) is 17.0. The van der Waals surface area contributed by atoms with E-state index in [1.54, 1.807) is 0 Å². The van der Waals surface area contributed by atoms with E-state index < -0.39 is 12.1 Å². The SMILES string of the molecule is O=C(NC[C@@H]1CCCC[C@@H]1C(=O)NCC1CC1C(=O)O)OCC1c2ccccc2-c2ccccc21. The Balaban J connectivity index is 1.12. The minimum absolute atomic E-state index is 0.0124. The van der Waals surface area contributed by atoms with Crippen molar-refractivity contribution in [2.45, 2.75) is 38.0 Å². The number of aliphatic carboxylic acids is 1. The summed E-state index contributed by atoms with van der Waals surface area (Å²) in [6.07, 6.45) is 3.86. The molecule has 2 amide bonds. The molecule has 2 aromatic rings. The quantitative estimate of drug-likeness (QED) is 0.531. The molecule has 4 atom stereocenters. The summed E-state index contributed by atoms with van der Waals surface area (Å²) in [5, 5.41) is 14.9. The van der Waals surface area contributed by atoms with E-state index in [-0.39, 0.29) is 42.1 Å². The van der Waals surface area contributed by atoms with Gasteiger partial charge in [0.1, 0.15) is 6.61 Å². The van der Waals surface area contributed by atoms with Gasteiger partial charge in [0.15, 0.2) is 0 Å². The van der Waals surface area contributed by atoms with E-state index in [2.05, 4.69) is 34.9 Å². The minimum Gasteiger partial charge on any atom is -0.481 e. The van der Waals surface area contributed by atoms with Crippen molar-refractivity contribution in [1.82, 2.24) is 10.6 Å². The molecule has 5 rings (SSSR count). The summed E-state index contributed by atoms with van der Waals surface area (Å²) in [6.45, 7) is 1.08. The van der Waals surface area contributed by atoms with Crippen LogP contribution < -0.4 is 10.6 Å². The molecule has 184 valence electrons. The molecule has 3 aliphatic carbocycles. The summed E-state index contributed by atoms with van der Waals surface area (Å²) in [5.41, 5.74) is 4.72. The van der Waals surface area contributed by atoms with Gasteiger partial charge in [0.2, 0.25) is 5.91 Å². The van der Waals surface area contributed by atoms with Gasteiger partial charge in [0, 0.05) is 24.9 Å². The van der Waals surface area contributed by atoms with Crippen LogP contribution in [0.15, 0.2) is 48.5 Å².